The standard InChI is InChI=1S/C10H17Br2N3O2S/c1-4-10(5-11,6-12)15-18(16,17)9-7(2)13-14-8(9)3/h15H,4-6H2,1-3H3,(H,13,14). The lowest BCUT2D eigenvalue weighted by Gasteiger charge is -2.29. The predicted molar refractivity (Wildman–Crippen MR) is 79.0 cm³/mol. The maximum absolute atomic E-state index is 12.4. The van der Waals surface area contributed by atoms with Crippen LogP contribution in [0.5, 0.6) is 0 Å². The van der Waals surface area contributed by atoms with Gasteiger partial charge in [-0.25, -0.2) is 13.1 Å². The van der Waals surface area contributed by atoms with Gasteiger partial charge in [-0.3, -0.25) is 5.10 Å². The van der Waals surface area contributed by atoms with Gasteiger partial charge in [0.1, 0.15) is 4.90 Å². The highest BCUT2D eigenvalue weighted by molar-refractivity contribution is 9.09. The summed E-state index contributed by atoms with van der Waals surface area (Å²) in [7, 11) is -3.58. The lowest BCUT2D eigenvalue weighted by molar-refractivity contribution is 0.459. The Labute approximate surface area is 124 Å². The molecule has 0 saturated heterocycles. The largest absolute Gasteiger partial charge is 0.281 e. The summed E-state index contributed by atoms with van der Waals surface area (Å²) in [6, 6.07) is 0. The van der Waals surface area contributed by atoms with Gasteiger partial charge >= 0.3 is 0 Å². The molecule has 104 valence electrons. The molecule has 0 aliphatic rings. The van der Waals surface area contributed by atoms with Crippen LogP contribution >= 0.6 is 31.9 Å². The fourth-order valence-corrected chi connectivity index (χ4v) is 5.84. The van der Waals surface area contributed by atoms with Crippen LogP contribution in [0.25, 0.3) is 0 Å². The summed E-state index contributed by atoms with van der Waals surface area (Å²) in [5.74, 6) is 0. The summed E-state index contributed by atoms with van der Waals surface area (Å²) in [5.41, 5.74) is 0.498. The Morgan fingerprint density at radius 3 is 2.22 bits per heavy atom. The van der Waals surface area contributed by atoms with Crippen LogP contribution in [-0.2, 0) is 10.0 Å². The van der Waals surface area contributed by atoms with Gasteiger partial charge in [-0.1, -0.05) is 38.8 Å². The van der Waals surface area contributed by atoms with Gasteiger partial charge in [0, 0.05) is 10.7 Å². The predicted octanol–water partition coefficient (Wildman–Crippen LogP) is 2.24. The Morgan fingerprint density at radius 1 is 1.33 bits per heavy atom. The molecule has 8 heteroatoms. The second kappa shape index (κ2) is 6.02. The first kappa shape index (κ1) is 16.1. The fourth-order valence-electron chi connectivity index (χ4n) is 1.62. The molecular weight excluding hydrogens is 386 g/mol. The lowest BCUT2D eigenvalue weighted by atomic mass is 10.0. The minimum atomic E-state index is -3.58. The Hall–Kier alpha value is 0.0800. The molecule has 0 fully saturated rings. The molecule has 1 heterocycles. The first-order valence-corrected chi connectivity index (χ1v) is 9.22. The van der Waals surface area contributed by atoms with Crippen molar-refractivity contribution in [2.45, 2.75) is 37.6 Å². The molecule has 0 unspecified atom stereocenters. The summed E-state index contributed by atoms with van der Waals surface area (Å²) < 4.78 is 27.6. The number of aromatic amines is 1. The number of alkyl halides is 2. The summed E-state index contributed by atoms with van der Waals surface area (Å²) in [6.07, 6.45) is 0.679. The highest BCUT2D eigenvalue weighted by Crippen LogP contribution is 2.23. The van der Waals surface area contributed by atoms with Crippen LogP contribution in [0.15, 0.2) is 4.90 Å². The average Bonchev–Trinajstić information content (AvgIpc) is 2.67. The molecule has 0 aliphatic carbocycles. The smallest absolute Gasteiger partial charge is 0.244 e. The summed E-state index contributed by atoms with van der Waals surface area (Å²) in [5, 5.41) is 7.69. The number of aryl methyl sites for hydroxylation is 2. The number of sulfonamides is 1. The highest BCUT2D eigenvalue weighted by Gasteiger charge is 2.34. The first-order chi connectivity index (χ1) is 8.32. The van der Waals surface area contributed by atoms with Gasteiger partial charge in [-0.15, -0.1) is 0 Å². The minimum absolute atomic E-state index is 0.238. The fraction of sp³-hybridized carbons (Fsp3) is 0.700. The lowest BCUT2D eigenvalue weighted by Crippen LogP contribution is -2.51. The van der Waals surface area contributed by atoms with Gasteiger partial charge in [-0.2, -0.15) is 5.10 Å². The quantitative estimate of drug-likeness (QED) is 0.716. The van der Waals surface area contributed by atoms with E-state index in [4.69, 9.17) is 0 Å². The second-order valence-electron chi connectivity index (χ2n) is 4.27. The third-order valence-electron chi connectivity index (χ3n) is 2.87. The molecule has 0 atom stereocenters. The molecule has 0 aromatic carbocycles. The summed E-state index contributed by atoms with van der Waals surface area (Å²) in [6.45, 7) is 5.32. The van der Waals surface area contributed by atoms with Gasteiger partial charge in [0.15, 0.2) is 0 Å². The molecule has 2 N–H and O–H groups in total. The molecule has 0 amide bonds. The van der Waals surface area contributed by atoms with Crippen LogP contribution < -0.4 is 4.72 Å². The molecule has 1 aromatic heterocycles. The molecule has 5 nitrogen and oxygen atoms in total. The second-order valence-corrected chi connectivity index (χ2v) is 7.01. The normalized spacial score (nSPS) is 12.9. The maximum atomic E-state index is 12.4. The molecule has 1 aromatic rings. The van der Waals surface area contributed by atoms with E-state index in [1.807, 2.05) is 6.92 Å². The Bertz CT molecular complexity index is 481. The van der Waals surface area contributed by atoms with Crippen LogP contribution in [0.1, 0.15) is 24.7 Å². The highest BCUT2D eigenvalue weighted by atomic mass is 79.9. The Balaban J connectivity index is 3.17. The number of nitrogens with zero attached hydrogens (tertiary/aromatic N) is 1. The number of H-pyrrole nitrogens is 1. The topological polar surface area (TPSA) is 74.8 Å². The third-order valence-corrected chi connectivity index (χ3v) is 6.86. The average molecular weight is 403 g/mol. The van der Waals surface area contributed by atoms with E-state index in [0.717, 1.165) is 0 Å². The number of halogens is 2. The molecule has 0 aliphatic heterocycles. The molecule has 18 heavy (non-hydrogen) atoms. The van der Waals surface area contributed by atoms with E-state index < -0.39 is 15.6 Å². The van der Waals surface area contributed by atoms with E-state index >= 15 is 0 Å². The van der Waals surface area contributed by atoms with E-state index in [-0.39, 0.29) is 4.90 Å². The van der Waals surface area contributed by atoms with E-state index in [1.54, 1.807) is 13.8 Å². The monoisotopic (exact) mass is 401 g/mol. The van der Waals surface area contributed by atoms with Crippen molar-refractivity contribution < 1.29 is 8.42 Å². The van der Waals surface area contributed by atoms with E-state index in [2.05, 4.69) is 46.8 Å². The summed E-state index contributed by atoms with van der Waals surface area (Å²) >= 11 is 6.73. The first-order valence-electron chi connectivity index (χ1n) is 5.49. The zero-order valence-electron chi connectivity index (χ0n) is 10.5. The Kier molecular flexibility index (Phi) is 5.40. The number of aromatic nitrogens is 2. The van der Waals surface area contributed by atoms with Crippen molar-refractivity contribution in [2.75, 3.05) is 10.7 Å². The van der Waals surface area contributed by atoms with Crippen molar-refractivity contribution in [3.8, 4) is 0 Å². The van der Waals surface area contributed by atoms with Gasteiger partial charge in [-0.05, 0) is 20.3 Å². The summed E-state index contributed by atoms with van der Waals surface area (Å²) in [4.78, 5) is 0.238. The third kappa shape index (κ3) is 3.15. The van der Waals surface area contributed by atoms with Crippen molar-refractivity contribution in [3.05, 3.63) is 11.4 Å². The number of hydrogen-bond donors (Lipinski definition) is 2. The van der Waals surface area contributed by atoms with Crippen LogP contribution in [0.3, 0.4) is 0 Å². The van der Waals surface area contributed by atoms with Gasteiger partial charge in [0.2, 0.25) is 10.0 Å². The van der Waals surface area contributed by atoms with Gasteiger partial charge in [0.05, 0.1) is 16.9 Å². The van der Waals surface area contributed by atoms with Crippen LogP contribution in [-0.4, -0.2) is 34.8 Å². The van der Waals surface area contributed by atoms with Crippen LogP contribution in [0.2, 0.25) is 0 Å². The SMILES string of the molecule is CCC(CBr)(CBr)NS(=O)(=O)c1c(C)n[nH]c1C. The van der Waals surface area contributed by atoms with Crippen molar-refractivity contribution in [1.29, 1.82) is 0 Å². The molecule has 0 radical (unpaired) electrons. The van der Waals surface area contributed by atoms with Crippen molar-refractivity contribution in [1.82, 2.24) is 14.9 Å². The Morgan fingerprint density at radius 2 is 1.89 bits per heavy atom. The molecule has 0 saturated carbocycles. The molecular formula is C10H17Br2N3O2S. The minimum Gasteiger partial charge on any atom is -0.281 e. The van der Waals surface area contributed by atoms with Crippen LogP contribution in [0, 0.1) is 13.8 Å². The van der Waals surface area contributed by atoms with Gasteiger partial charge < -0.3 is 0 Å². The van der Waals surface area contributed by atoms with Crippen molar-refractivity contribution in [2.24, 2.45) is 0 Å². The van der Waals surface area contributed by atoms with E-state index in [1.165, 1.54) is 0 Å². The molecule has 1 rings (SSSR count). The zero-order valence-corrected chi connectivity index (χ0v) is 14.5. The van der Waals surface area contributed by atoms with Crippen molar-refractivity contribution in [3.63, 3.8) is 0 Å². The van der Waals surface area contributed by atoms with Gasteiger partial charge in [0.25, 0.3) is 0 Å². The van der Waals surface area contributed by atoms with Crippen molar-refractivity contribution >= 4 is 41.9 Å². The van der Waals surface area contributed by atoms with E-state index in [9.17, 15) is 8.42 Å². The number of rotatable bonds is 6. The molecule has 0 spiro atoms. The zero-order chi connectivity index (χ0) is 14.0. The maximum Gasteiger partial charge on any atom is 0.244 e. The number of nitrogens with one attached hydrogen (secondary N) is 2. The van der Waals surface area contributed by atoms with Crippen LogP contribution in [0.4, 0.5) is 0 Å². The van der Waals surface area contributed by atoms with E-state index in [0.29, 0.717) is 28.5 Å². The molecule has 0 bridgehead atoms. The number of hydrogen-bond acceptors (Lipinski definition) is 3.